The lowest BCUT2D eigenvalue weighted by atomic mass is 10.3. The van der Waals surface area contributed by atoms with Gasteiger partial charge in [0.2, 0.25) is 15.9 Å². The van der Waals surface area contributed by atoms with Crippen LogP contribution in [0.25, 0.3) is 0 Å². The van der Waals surface area contributed by atoms with E-state index in [1.165, 1.54) is 26.2 Å². The maximum absolute atomic E-state index is 13.7. The number of aromatic nitrogens is 1. The predicted octanol–water partition coefficient (Wildman–Crippen LogP) is 1.53. The summed E-state index contributed by atoms with van der Waals surface area (Å²) in [6.45, 7) is -0.475. The third-order valence-electron chi connectivity index (χ3n) is 3.25. The van der Waals surface area contributed by atoms with E-state index in [2.05, 4.69) is 5.32 Å². The molecule has 0 saturated heterocycles. The molecule has 1 amide bonds. The van der Waals surface area contributed by atoms with E-state index in [-0.39, 0.29) is 15.6 Å². The van der Waals surface area contributed by atoms with Gasteiger partial charge in [-0.2, -0.15) is 0 Å². The van der Waals surface area contributed by atoms with E-state index in [1.807, 2.05) is 0 Å². The summed E-state index contributed by atoms with van der Waals surface area (Å²) in [7, 11) is -1.06. The molecule has 0 aliphatic heterocycles. The van der Waals surface area contributed by atoms with Crippen molar-refractivity contribution in [2.24, 2.45) is 0 Å². The number of amides is 1. The molecule has 10 heteroatoms. The Bertz CT molecular complexity index is 973. The van der Waals surface area contributed by atoms with Crippen LogP contribution < -0.4 is 10.9 Å². The second-order valence-electron chi connectivity index (χ2n) is 5.29. The van der Waals surface area contributed by atoms with Crippen molar-refractivity contribution in [1.29, 1.82) is 0 Å². The Labute approximate surface area is 148 Å². The van der Waals surface area contributed by atoms with Gasteiger partial charge in [-0.3, -0.25) is 9.59 Å². The molecule has 2 rings (SSSR count). The summed E-state index contributed by atoms with van der Waals surface area (Å²) in [5.41, 5.74) is -0.663. The van der Waals surface area contributed by atoms with Gasteiger partial charge in [-0.15, -0.1) is 0 Å². The SMILES string of the molecule is CN(C)S(=O)(=O)c1ccc(=O)n(CC(=O)Nc2ccc(Cl)cc2F)c1. The minimum absolute atomic E-state index is 0.0977. The van der Waals surface area contributed by atoms with Gasteiger partial charge in [0.25, 0.3) is 5.56 Å². The average molecular weight is 388 g/mol. The van der Waals surface area contributed by atoms with Gasteiger partial charge < -0.3 is 9.88 Å². The molecule has 0 unspecified atom stereocenters. The zero-order valence-corrected chi connectivity index (χ0v) is 14.9. The molecule has 0 fully saturated rings. The monoisotopic (exact) mass is 387 g/mol. The fraction of sp³-hybridized carbons (Fsp3) is 0.200. The Morgan fingerprint density at radius 3 is 2.56 bits per heavy atom. The van der Waals surface area contributed by atoms with Crippen molar-refractivity contribution in [2.75, 3.05) is 19.4 Å². The summed E-state index contributed by atoms with van der Waals surface area (Å²) in [4.78, 5) is 23.7. The van der Waals surface area contributed by atoms with Gasteiger partial charge in [0, 0.05) is 31.4 Å². The van der Waals surface area contributed by atoms with Crippen LogP contribution in [0.3, 0.4) is 0 Å². The summed E-state index contributed by atoms with van der Waals surface area (Å²) >= 11 is 5.63. The van der Waals surface area contributed by atoms with Gasteiger partial charge in [0.05, 0.1) is 10.6 Å². The highest BCUT2D eigenvalue weighted by atomic mass is 35.5. The number of hydrogen-bond donors (Lipinski definition) is 1. The number of nitrogens with one attached hydrogen (secondary N) is 1. The van der Waals surface area contributed by atoms with Crippen molar-refractivity contribution >= 4 is 33.2 Å². The molecule has 1 heterocycles. The van der Waals surface area contributed by atoms with Crippen LogP contribution in [0.4, 0.5) is 10.1 Å². The van der Waals surface area contributed by atoms with Crippen molar-refractivity contribution in [3.05, 3.63) is 57.7 Å². The lowest BCUT2D eigenvalue weighted by Crippen LogP contribution is -2.29. The van der Waals surface area contributed by atoms with Crippen molar-refractivity contribution in [2.45, 2.75) is 11.4 Å². The molecular weight excluding hydrogens is 373 g/mol. The summed E-state index contributed by atoms with van der Waals surface area (Å²) < 4.78 is 39.8. The number of sulfonamides is 1. The van der Waals surface area contributed by atoms with Crippen LogP contribution in [-0.2, 0) is 21.4 Å². The first-order chi connectivity index (χ1) is 11.6. The lowest BCUT2D eigenvalue weighted by molar-refractivity contribution is -0.116. The maximum Gasteiger partial charge on any atom is 0.251 e. The van der Waals surface area contributed by atoms with Gasteiger partial charge in [-0.1, -0.05) is 11.6 Å². The quantitative estimate of drug-likeness (QED) is 0.842. The number of halogens is 2. The normalized spacial score (nSPS) is 11.6. The number of pyridine rings is 1. The van der Waals surface area contributed by atoms with Crippen LogP contribution in [0.2, 0.25) is 5.02 Å². The second kappa shape index (κ2) is 7.34. The molecule has 25 heavy (non-hydrogen) atoms. The number of benzene rings is 1. The van der Waals surface area contributed by atoms with Crippen LogP contribution >= 0.6 is 11.6 Å². The van der Waals surface area contributed by atoms with Crippen molar-refractivity contribution < 1.29 is 17.6 Å². The number of hydrogen-bond acceptors (Lipinski definition) is 4. The van der Waals surface area contributed by atoms with Gasteiger partial charge in [-0.25, -0.2) is 17.1 Å². The maximum atomic E-state index is 13.7. The first-order valence-electron chi connectivity index (χ1n) is 6.99. The van der Waals surface area contributed by atoms with E-state index in [0.717, 1.165) is 33.3 Å². The highest BCUT2D eigenvalue weighted by Crippen LogP contribution is 2.18. The minimum atomic E-state index is -3.76. The third-order valence-corrected chi connectivity index (χ3v) is 5.29. The first-order valence-corrected chi connectivity index (χ1v) is 8.81. The molecule has 0 bridgehead atoms. The Kier molecular flexibility index (Phi) is 5.61. The molecule has 0 aliphatic rings. The molecule has 0 aliphatic carbocycles. The number of carbonyl (C=O) groups is 1. The third kappa shape index (κ3) is 4.44. The van der Waals surface area contributed by atoms with Crippen LogP contribution in [0.5, 0.6) is 0 Å². The molecule has 1 N–H and O–H groups in total. The number of rotatable bonds is 5. The van der Waals surface area contributed by atoms with E-state index in [1.54, 1.807) is 0 Å². The Balaban J connectivity index is 2.25. The molecule has 1 aromatic heterocycles. The molecule has 1 aromatic carbocycles. The molecule has 0 saturated carbocycles. The van der Waals surface area contributed by atoms with E-state index < -0.39 is 33.9 Å². The van der Waals surface area contributed by atoms with Crippen LogP contribution in [0.15, 0.2) is 46.2 Å². The summed E-state index contributed by atoms with van der Waals surface area (Å²) in [5, 5.41) is 2.48. The fourth-order valence-electron chi connectivity index (χ4n) is 1.93. The van der Waals surface area contributed by atoms with E-state index >= 15 is 0 Å². The Hall–Kier alpha value is -2.23. The van der Waals surface area contributed by atoms with Crippen LogP contribution in [0, 0.1) is 5.82 Å². The minimum Gasteiger partial charge on any atom is -0.322 e. The predicted molar refractivity (Wildman–Crippen MR) is 91.6 cm³/mol. The standard InChI is InChI=1S/C15H15ClFN3O4S/c1-19(2)25(23,24)11-4-6-15(22)20(8-11)9-14(21)18-13-5-3-10(16)7-12(13)17/h3-8H,9H2,1-2H3,(H,18,21). The van der Waals surface area contributed by atoms with Crippen LogP contribution in [0.1, 0.15) is 0 Å². The molecular formula is C15H15ClFN3O4S. The summed E-state index contributed by atoms with van der Waals surface area (Å²) in [5.74, 6) is -1.42. The second-order valence-corrected chi connectivity index (χ2v) is 7.88. The smallest absolute Gasteiger partial charge is 0.251 e. The average Bonchev–Trinajstić information content (AvgIpc) is 2.52. The van der Waals surface area contributed by atoms with Gasteiger partial charge >= 0.3 is 0 Å². The summed E-state index contributed by atoms with van der Waals surface area (Å²) in [6.07, 6.45) is 1.06. The molecule has 0 radical (unpaired) electrons. The number of carbonyl (C=O) groups excluding carboxylic acids is 1. The highest BCUT2D eigenvalue weighted by molar-refractivity contribution is 7.89. The first kappa shape index (κ1) is 19.1. The van der Waals surface area contributed by atoms with E-state index in [0.29, 0.717) is 0 Å². The highest BCUT2D eigenvalue weighted by Gasteiger charge is 2.19. The zero-order valence-electron chi connectivity index (χ0n) is 13.4. The molecule has 0 atom stereocenters. The van der Waals surface area contributed by atoms with Crippen molar-refractivity contribution in [3.8, 4) is 0 Å². The van der Waals surface area contributed by atoms with Gasteiger partial charge in [0.1, 0.15) is 12.4 Å². The van der Waals surface area contributed by atoms with Crippen molar-refractivity contribution in [1.82, 2.24) is 8.87 Å². The molecule has 7 nitrogen and oxygen atoms in total. The lowest BCUT2D eigenvalue weighted by Gasteiger charge is -2.13. The number of nitrogens with zero attached hydrogens (tertiary/aromatic N) is 2. The summed E-state index contributed by atoms with van der Waals surface area (Å²) in [6, 6.07) is 5.92. The topological polar surface area (TPSA) is 88.5 Å². The van der Waals surface area contributed by atoms with E-state index in [4.69, 9.17) is 11.6 Å². The van der Waals surface area contributed by atoms with E-state index in [9.17, 15) is 22.4 Å². The fourth-order valence-corrected chi connectivity index (χ4v) is 3.01. The van der Waals surface area contributed by atoms with Crippen LogP contribution in [-0.4, -0.2) is 37.3 Å². The Morgan fingerprint density at radius 1 is 1.28 bits per heavy atom. The van der Waals surface area contributed by atoms with Crippen molar-refractivity contribution in [3.63, 3.8) is 0 Å². The molecule has 2 aromatic rings. The largest absolute Gasteiger partial charge is 0.322 e. The molecule has 134 valence electrons. The zero-order chi connectivity index (χ0) is 18.8. The van der Waals surface area contributed by atoms with Gasteiger partial charge in [0.15, 0.2) is 0 Å². The Morgan fingerprint density at radius 2 is 1.96 bits per heavy atom. The molecule has 0 spiro atoms. The van der Waals surface area contributed by atoms with Gasteiger partial charge in [-0.05, 0) is 24.3 Å². The number of anilines is 1.